The van der Waals surface area contributed by atoms with Gasteiger partial charge in [-0.25, -0.2) is 18.4 Å². The van der Waals surface area contributed by atoms with Crippen LogP contribution in [0.3, 0.4) is 0 Å². The number of ether oxygens (including phenoxy) is 1. The Morgan fingerprint density at radius 2 is 1.64 bits per heavy atom. The minimum absolute atomic E-state index is 0.000551. The topological polar surface area (TPSA) is 121 Å². The summed E-state index contributed by atoms with van der Waals surface area (Å²) in [6, 6.07) is 12.4. The summed E-state index contributed by atoms with van der Waals surface area (Å²) in [7, 11) is -4.08. The number of carbonyl (C=O) groups excluding carboxylic acids is 1. The highest BCUT2D eigenvalue weighted by molar-refractivity contribution is 7.89. The van der Waals surface area contributed by atoms with Crippen LogP contribution >= 0.6 is 0 Å². The minimum Gasteiger partial charge on any atom is -0.406 e. The number of rotatable bonds is 8. The molecule has 0 saturated carbocycles. The molecule has 4 aromatic rings. The number of halogens is 3. The van der Waals surface area contributed by atoms with E-state index in [1.807, 2.05) is 4.90 Å². The number of hydrogen-bond donors (Lipinski definition) is 1. The maximum atomic E-state index is 14.0. The molecule has 0 spiro atoms. The molecule has 0 aliphatic carbocycles. The summed E-state index contributed by atoms with van der Waals surface area (Å²) in [5, 5.41) is 2.75. The molecule has 236 valence electrons. The molecule has 0 bridgehead atoms. The first-order valence-electron chi connectivity index (χ1n) is 14.4. The number of anilines is 2. The van der Waals surface area contributed by atoms with Crippen LogP contribution in [0.2, 0.25) is 0 Å². The van der Waals surface area contributed by atoms with Gasteiger partial charge in [-0.15, -0.1) is 13.2 Å². The number of piperazine rings is 1. The SMILES string of the molecule is O=C(NCc1ccc(OC(F)(F)F)cc1)[C@H]1CN(c2cnc3cnccc3n2)CCN1S(=O)(=O)c1ccc(N2CCCC2)cc1. The zero-order valence-corrected chi connectivity index (χ0v) is 24.8. The zero-order chi connectivity index (χ0) is 31.6. The lowest BCUT2D eigenvalue weighted by atomic mass is 10.1. The van der Waals surface area contributed by atoms with Crippen molar-refractivity contribution in [3.8, 4) is 5.75 Å². The first kappa shape index (κ1) is 30.5. The van der Waals surface area contributed by atoms with Gasteiger partial charge in [-0.05, 0) is 60.9 Å². The number of fused-ring (bicyclic) bond motifs is 1. The molecule has 2 saturated heterocycles. The normalized spacial score (nSPS) is 17.9. The summed E-state index contributed by atoms with van der Waals surface area (Å²) in [4.78, 5) is 30.8. The van der Waals surface area contributed by atoms with Gasteiger partial charge in [0.25, 0.3) is 0 Å². The van der Waals surface area contributed by atoms with Crippen LogP contribution in [0.5, 0.6) is 5.75 Å². The Bertz CT molecular complexity index is 1770. The van der Waals surface area contributed by atoms with E-state index < -0.39 is 28.3 Å². The lowest BCUT2D eigenvalue weighted by molar-refractivity contribution is -0.274. The molecule has 2 aliphatic rings. The summed E-state index contributed by atoms with van der Waals surface area (Å²) in [5.41, 5.74) is 2.66. The number of sulfonamides is 1. The van der Waals surface area contributed by atoms with Crippen LogP contribution in [0.1, 0.15) is 18.4 Å². The molecule has 1 amide bonds. The van der Waals surface area contributed by atoms with E-state index >= 15 is 0 Å². The Balaban J connectivity index is 1.23. The third-order valence-electron chi connectivity index (χ3n) is 7.83. The van der Waals surface area contributed by atoms with Crippen molar-refractivity contribution < 1.29 is 31.1 Å². The van der Waals surface area contributed by atoms with E-state index in [0.29, 0.717) is 22.4 Å². The number of pyridine rings is 1. The fourth-order valence-corrected chi connectivity index (χ4v) is 7.11. The van der Waals surface area contributed by atoms with Gasteiger partial charge in [0.05, 0.1) is 22.8 Å². The molecule has 2 aliphatic heterocycles. The molecule has 2 aromatic heterocycles. The molecule has 2 fully saturated rings. The zero-order valence-electron chi connectivity index (χ0n) is 24.0. The van der Waals surface area contributed by atoms with Crippen molar-refractivity contribution in [2.24, 2.45) is 0 Å². The van der Waals surface area contributed by atoms with E-state index in [4.69, 9.17) is 0 Å². The van der Waals surface area contributed by atoms with Crippen LogP contribution in [-0.4, -0.2) is 78.7 Å². The number of aromatic nitrogens is 3. The third kappa shape index (κ3) is 6.93. The van der Waals surface area contributed by atoms with Crippen molar-refractivity contribution >= 4 is 38.5 Å². The number of hydrogen-bond acceptors (Lipinski definition) is 9. The lowest BCUT2D eigenvalue weighted by Crippen LogP contribution is -2.60. The molecule has 2 aromatic carbocycles. The van der Waals surface area contributed by atoms with Crippen molar-refractivity contribution in [2.75, 3.05) is 42.5 Å². The molecular weight excluding hydrogens is 611 g/mol. The Morgan fingerprint density at radius 3 is 2.36 bits per heavy atom. The number of carbonyl (C=O) groups is 1. The summed E-state index contributed by atoms with van der Waals surface area (Å²) in [5.74, 6) is -0.468. The average molecular weight is 642 g/mol. The summed E-state index contributed by atoms with van der Waals surface area (Å²) in [6.45, 7) is 2.07. The van der Waals surface area contributed by atoms with Crippen molar-refractivity contribution in [1.82, 2.24) is 24.6 Å². The second-order valence-corrected chi connectivity index (χ2v) is 12.7. The predicted molar refractivity (Wildman–Crippen MR) is 160 cm³/mol. The smallest absolute Gasteiger partial charge is 0.406 e. The molecular formula is C30H30F3N7O4S. The highest BCUT2D eigenvalue weighted by Crippen LogP contribution is 2.28. The largest absolute Gasteiger partial charge is 0.573 e. The van der Waals surface area contributed by atoms with Crippen LogP contribution in [0.15, 0.2) is 78.1 Å². The van der Waals surface area contributed by atoms with Crippen LogP contribution in [-0.2, 0) is 21.4 Å². The Morgan fingerprint density at radius 1 is 0.911 bits per heavy atom. The lowest BCUT2D eigenvalue weighted by Gasteiger charge is -2.40. The highest BCUT2D eigenvalue weighted by Gasteiger charge is 2.40. The second-order valence-electron chi connectivity index (χ2n) is 10.8. The number of nitrogens with one attached hydrogen (secondary N) is 1. The molecule has 1 atom stereocenters. The van der Waals surface area contributed by atoms with Crippen molar-refractivity contribution in [3.05, 3.63) is 78.8 Å². The van der Waals surface area contributed by atoms with Gasteiger partial charge in [-0.1, -0.05) is 12.1 Å². The first-order chi connectivity index (χ1) is 21.6. The maximum absolute atomic E-state index is 14.0. The molecule has 4 heterocycles. The van der Waals surface area contributed by atoms with Gasteiger partial charge in [0.15, 0.2) is 0 Å². The summed E-state index contributed by atoms with van der Waals surface area (Å²) in [6.07, 6.45) is 2.10. The quantitative estimate of drug-likeness (QED) is 0.307. The van der Waals surface area contributed by atoms with Gasteiger partial charge in [0, 0.05) is 51.2 Å². The third-order valence-corrected chi connectivity index (χ3v) is 9.75. The van der Waals surface area contributed by atoms with E-state index in [9.17, 15) is 26.4 Å². The summed E-state index contributed by atoms with van der Waals surface area (Å²) < 4.78 is 70.6. The standard InChI is InChI=1S/C30H30F3N7O4S/c31-30(32,33)44-23-7-3-21(4-8-23)17-36-29(41)27-20-39(28-19-35-26-18-34-12-11-25(26)37-28)15-16-40(27)45(42,43)24-9-5-22(6-10-24)38-13-1-2-14-38/h3-12,18-19,27H,1-2,13-17,20H2,(H,36,41)/t27-/m1/s1. The van der Waals surface area contributed by atoms with Crippen LogP contribution in [0.4, 0.5) is 24.7 Å². The van der Waals surface area contributed by atoms with Gasteiger partial charge in [0.1, 0.15) is 23.1 Å². The summed E-state index contributed by atoms with van der Waals surface area (Å²) >= 11 is 0. The predicted octanol–water partition coefficient (Wildman–Crippen LogP) is 3.72. The van der Waals surface area contributed by atoms with Crippen LogP contribution in [0.25, 0.3) is 11.0 Å². The van der Waals surface area contributed by atoms with E-state index in [2.05, 4.69) is 29.9 Å². The molecule has 6 rings (SSSR count). The molecule has 0 unspecified atom stereocenters. The van der Waals surface area contributed by atoms with Crippen molar-refractivity contribution in [2.45, 2.75) is 36.7 Å². The molecule has 0 radical (unpaired) electrons. The first-order valence-corrected chi connectivity index (χ1v) is 15.8. The second kappa shape index (κ2) is 12.5. The fraction of sp³-hybridized carbons (Fsp3) is 0.333. The van der Waals surface area contributed by atoms with E-state index in [1.54, 1.807) is 48.9 Å². The number of nitrogens with zero attached hydrogens (tertiary/aromatic N) is 6. The van der Waals surface area contributed by atoms with Crippen molar-refractivity contribution in [1.29, 1.82) is 0 Å². The van der Waals surface area contributed by atoms with Gasteiger partial charge < -0.3 is 19.9 Å². The molecule has 1 N–H and O–H groups in total. The monoisotopic (exact) mass is 641 g/mol. The van der Waals surface area contributed by atoms with Crippen molar-refractivity contribution in [3.63, 3.8) is 0 Å². The number of alkyl halides is 3. The Hall–Kier alpha value is -4.50. The van der Waals surface area contributed by atoms with Gasteiger partial charge in [-0.3, -0.25) is 9.78 Å². The maximum Gasteiger partial charge on any atom is 0.573 e. The Labute approximate surface area is 257 Å². The molecule has 11 nitrogen and oxygen atoms in total. The van der Waals surface area contributed by atoms with Gasteiger partial charge in [0.2, 0.25) is 15.9 Å². The molecule has 45 heavy (non-hydrogen) atoms. The van der Waals surface area contributed by atoms with E-state index in [0.717, 1.165) is 43.8 Å². The number of benzene rings is 2. The van der Waals surface area contributed by atoms with Crippen LogP contribution in [0, 0.1) is 0 Å². The average Bonchev–Trinajstić information content (AvgIpc) is 3.58. The molecule has 15 heteroatoms. The fourth-order valence-electron chi connectivity index (χ4n) is 5.54. The van der Waals surface area contributed by atoms with E-state index in [1.165, 1.54) is 16.4 Å². The van der Waals surface area contributed by atoms with Gasteiger partial charge in [-0.2, -0.15) is 4.31 Å². The van der Waals surface area contributed by atoms with Crippen LogP contribution < -0.4 is 19.9 Å². The number of amides is 1. The van der Waals surface area contributed by atoms with Gasteiger partial charge >= 0.3 is 6.36 Å². The Kier molecular flexibility index (Phi) is 8.46. The van der Waals surface area contributed by atoms with E-state index in [-0.39, 0.29) is 36.8 Å². The minimum atomic E-state index is -4.82. The highest BCUT2D eigenvalue weighted by atomic mass is 32.2.